The van der Waals surface area contributed by atoms with E-state index in [0.29, 0.717) is 28.4 Å². The minimum Gasteiger partial charge on any atom is -0.352 e. The molecule has 2 aromatic rings. The molecule has 0 radical (unpaired) electrons. The van der Waals surface area contributed by atoms with Gasteiger partial charge in [0.05, 0.1) is 23.7 Å². The van der Waals surface area contributed by atoms with Crippen LogP contribution in [0.3, 0.4) is 0 Å². The van der Waals surface area contributed by atoms with Crippen LogP contribution in [0.2, 0.25) is 5.02 Å². The molecule has 9 heteroatoms. The maximum absolute atomic E-state index is 12.6. The van der Waals surface area contributed by atoms with Crippen molar-refractivity contribution in [2.45, 2.75) is 25.3 Å². The van der Waals surface area contributed by atoms with Crippen molar-refractivity contribution in [2.75, 3.05) is 12.8 Å². The number of carbonyl (C=O) groups excluding carboxylic acids is 1. The largest absolute Gasteiger partial charge is 0.352 e. The van der Waals surface area contributed by atoms with E-state index in [0.717, 1.165) is 25.5 Å². The molecule has 1 aromatic carbocycles. The number of sulfonamides is 1. The Morgan fingerprint density at radius 3 is 2.85 bits per heavy atom. The van der Waals surface area contributed by atoms with Crippen molar-refractivity contribution >= 4 is 27.5 Å². The fourth-order valence-electron chi connectivity index (χ4n) is 3.36. The van der Waals surface area contributed by atoms with Gasteiger partial charge in [0.1, 0.15) is 0 Å². The lowest BCUT2D eigenvalue weighted by atomic mass is 10.0. The molecule has 0 bridgehead atoms. The number of aromatic nitrogens is 2. The summed E-state index contributed by atoms with van der Waals surface area (Å²) < 4.78 is 25.6. The van der Waals surface area contributed by atoms with Crippen LogP contribution >= 0.6 is 11.6 Å². The van der Waals surface area contributed by atoms with Crippen molar-refractivity contribution < 1.29 is 13.2 Å². The van der Waals surface area contributed by atoms with Crippen molar-refractivity contribution in [3.05, 3.63) is 41.0 Å². The van der Waals surface area contributed by atoms with Gasteiger partial charge in [-0.05, 0) is 24.8 Å². The Hall–Kier alpha value is -1.90. The molecule has 0 aliphatic heterocycles. The average Bonchev–Trinajstić information content (AvgIpc) is 3.21. The summed E-state index contributed by atoms with van der Waals surface area (Å²) in [5, 5.41) is 10.2. The van der Waals surface area contributed by atoms with E-state index in [1.165, 1.54) is 6.20 Å². The van der Waals surface area contributed by atoms with E-state index in [2.05, 4.69) is 20.2 Å². The lowest BCUT2D eigenvalue weighted by Gasteiger charge is -2.20. The van der Waals surface area contributed by atoms with Crippen LogP contribution in [0.5, 0.6) is 0 Å². The number of halogens is 1. The summed E-state index contributed by atoms with van der Waals surface area (Å²) in [6, 6.07) is 7.08. The van der Waals surface area contributed by atoms with Crippen molar-refractivity contribution in [3.8, 4) is 11.3 Å². The molecule has 1 aromatic heterocycles. The fourth-order valence-corrected chi connectivity index (χ4v) is 4.45. The second-order valence-electron chi connectivity index (χ2n) is 6.54. The van der Waals surface area contributed by atoms with Gasteiger partial charge in [-0.3, -0.25) is 9.89 Å². The quantitative estimate of drug-likeness (QED) is 0.696. The molecule has 26 heavy (non-hydrogen) atoms. The number of hydrogen-bond donors (Lipinski definition) is 3. The first kappa shape index (κ1) is 18.9. The van der Waals surface area contributed by atoms with Crippen molar-refractivity contribution in [3.63, 3.8) is 0 Å². The van der Waals surface area contributed by atoms with E-state index < -0.39 is 10.0 Å². The van der Waals surface area contributed by atoms with Gasteiger partial charge in [0.2, 0.25) is 10.0 Å². The number of benzene rings is 1. The summed E-state index contributed by atoms with van der Waals surface area (Å²) in [6.45, 7) is 0.402. The van der Waals surface area contributed by atoms with Gasteiger partial charge < -0.3 is 5.32 Å². The Labute approximate surface area is 157 Å². The molecule has 3 rings (SSSR count). The zero-order valence-corrected chi connectivity index (χ0v) is 15.9. The molecule has 3 N–H and O–H groups in total. The number of aromatic amines is 1. The maximum Gasteiger partial charge on any atom is 0.255 e. The minimum atomic E-state index is -3.26. The molecule has 1 amide bonds. The van der Waals surface area contributed by atoms with Crippen LogP contribution in [0.4, 0.5) is 0 Å². The minimum absolute atomic E-state index is 0.0735. The van der Waals surface area contributed by atoms with Gasteiger partial charge in [-0.25, -0.2) is 13.1 Å². The van der Waals surface area contributed by atoms with E-state index in [9.17, 15) is 13.2 Å². The Bertz CT molecular complexity index is 897. The fraction of sp³-hybridized carbons (Fsp3) is 0.412. The molecule has 7 nitrogen and oxygen atoms in total. The van der Waals surface area contributed by atoms with Crippen molar-refractivity contribution in [2.24, 2.45) is 5.92 Å². The highest BCUT2D eigenvalue weighted by molar-refractivity contribution is 7.88. The van der Waals surface area contributed by atoms with Crippen LogP contribution in [-0.4, -0.2) is 43.4 Å². The number of H-pyrrole nitrogens is 1. The zero-order chi connectivity index (χ0) is 18.7. The van der Waals surface area contributed by atoms with Gasteiger partial charge >= 0.3 is 0 Å². The summed E-state index contributed by atoms with van der Waals surface area (Å²) in [4.78, 5) is 12.6. The van der Waals surface area contributed by atoms with E-state index >= 15 is 0 Å². The van der Waals surface area contributed by atoms with Crippen molar-refractivity contribution in [1.82, 2.24) is 20.2 Å². The molecule has 1 aliphatic carbocycles. The van der Waals surface area contributed by atoms with Crippen LogP contribution < -0.4 is 10.0 Å². The number of carbonyl (C=O) groups is 1. The van der Waals surface area contributed by atoms with Gasteiger partial charge in [-0.1, -0.05) is 36.2 Å². The van der Waals surface area contributed by atoms with Crippen LogP contribution in [0.15, 0.2) is 30.5 Å². The molecular formula is C17H21ClN4O3S. The third-order valence-electron chi connectivity index (χ3n) is 4.58. The lowest BCUT2D eigenvalue weighted by molar-refractivity contribution is 0.0947. The number of nitrogens with one attached hydrogen (secondary N) is 3. The maximum atomic E-state index is 12.6. The first-order chi connectivity index (χ1) is 12.3. The van der Waals surface area contributed by atoms with Crippen LogP contribution in [0, 0.1) is 5.92 Å². The summed E-state index contributed by atoms with van der Waals surface area (Å²) in [6.07, 6.45) is 5.21. The molecule has 0 spiro atoms. The number of nitrogens with zero attached hydrogens (tertiary/aromatic N) is 1. The molecule has 140 valence electrons. The zero-order valence-electron chi connectivity index (χ0n) is 14.3. The van der Waals surface area contributed by atoms with E-state index in [1.807, 2.05) is 18.2 Å². The molecule has 1 aliphatic rings. The molecule has 0 saturated heterocycles. The standard InChI is InChI=1S/C17H21ClN4O3S/c1-26(24,25)22-15-8-4-5-11(15)9-19-17(23)13-10-20-21-16(13)12-6-2-3-7-14(12)18/h2-3,6-7,10-11,15,22H,4-5,8-9H2,1H3,(H,19,23)(H,20,21). The molecule has 1 saturated carbocycles. The summed E-state index contributed by atoms with van der Waals surface area (Å²) in [5.74, 6) is -0.192. The van der Waals surface area contributed by atoms with Gasteiger partial charge in [0.25, 0.3) is 5.91 Å². The van der Waals surface area contributed by atoms with E-state index in [4.69, 9.17) is 11.6 Å². The Morgan fingerprint density at radius 2 is 2.12 bits per heavy atom. The van der Waals surface area contributed by atoms with Crippen molar-refractivity contribution in [1.29, 1.82) is 0 Å². The van der Waals surface area contributed by atoms with Gasteiger partial charge in [0.15, 0.2) is 0 Å². The van der Waals surface area contributed by atoms with Crippen LogP contribution in [-0.2, 0) is 10.0 Å². The lowest BCUT2D eigenvalue weighted by Crippen LogP contribution is -2.41. The van der Waals surface area contributed by atoms with Crippen LogP contribution in [0.25, 0.3) is 11.3 Å². The monoisotopic (exact) mass is 396 g/mol. The smallest absolute Gasteiger partial charge is 0.255 e. The number of amides is 1. The Kier molecular flexibility index (Phi) is 5.64. The Balaban J connectivity index is 1.68. The normalized spacial score (nSPS) is 20.2. The predicted octanol–water partition coefficient (Wildman–Crippen LogP) is 2.18. The molecule has 2 atom stereocenters. The second-order valence-corrected chi connectivity index (χ2v) is 8.72. The number of hydrogen-bond acceptors (Lipinski definition) is 4. The topological polar surface area (TPSA) is 104 Å². The Morgan fingerprint density at radius 1 is 1.35 bits per heavy atom. The highest BCUT2D eigenvalue weighted by Crippen LogP contribution is 2.29. The van der Waals surface area contributed by atoms with Gasteiger partial charge in [-0.2, -0.15) is 5.10 Å². The van der Waals surface area contributed by atoms with Gasteiger partial charge in [0, 0.05) is 23.2 Å². The third-order valence-corrected chi connectivity index (χ3v) is 5.64. The third kappa shape index (κ3) is 4.44. The predicted molar refractivity (Wildman–Crippen MR) is 100 cm³/mol. The van der Waals surface area contributed by atoms with Gasteiger partial charge in [-0.15, -0.1) is 0 Å². The first-order valence-corrected chi connectivity index (χ1v) is 10.7. The van der Waals surface area contributed by atoms with E-state index in [1.54, 1.807) is 6.07 Å². The molecule has 2 unspecified atom stereocenters. The molecular weight excluding hydrogens is 376 g/mol. The second kappa shape index (κ2) is 7.77. The highest BCUT2D eigenvalue weighted by Gasteiger charge is 2.30. The summed E-state index contributed by atoms with van der Waals surface area (Å²) in [5.41, 5.74) is 1.67. The molecule has 1 fully saturated rings. The summed E-state index contributed by atoms with van der Waals surface area (Å²) >= 11 is 6.21. The molecule has 1 heterocycles. The summed E-state index contributed by atoms with van der Waals surface area (Å²) in [7, 11) is -3.26. The van der Waals surface area contributed by atoms with E-state index in [-0.39, 0.29) is 17.9 Å². The first-order valence-electron chi connectivity index (χ1n) is 8.39. The van der Waals surface area contributed by atoms with Crippen LogP contribution in [0.1, 0.15) is 29.6 Å². The highest BCUT2D eigenvalue weighted by atomic mass is 35.5. The SMILES string of the molecule is CS(=O)(=O)NC1CCCC1CNC(=O)c1cn[nH]c1-c1ccccc1Cl. The average molecular weight is 397 g/mol. The number of rotatable bonds is 6.